The number of thiazole rings is 1. The fourth-order valence-electron chi connectivity index (χ4n) is 3.36. The fraction of sp³-hybridized carbons (Fsp3) is 0.286. The molecule has 8 heteroatoms. The lowest BCUT2D eigenvalue weighted by atomic mass is 10.2. The molecular formula is C21H20N4OS3. The number of thiophene rings is 1. The van der Waals surface area contributed by atoms with Crippen LogP contribution in [0.15, 0.2) is 59.2 Å². The second-order valence-electron chi connectivity index (χ2n) is 6.82. The smallest absolute Gasteiger partial charge is 0.191 e. The second-order valence-corrected chi connectivity index (χ2v) is 9.82. The van der Waals surface area contributed by atoms with Gasteiger partial charge in [-0.25, -0.2) is 4.98 Å². The Morgan fingerprint density at radius 3 is 2.86 bits per heavy atom. The zero-order valence-electron chi connectivity index (χ0n) is 15.7. The minimum absolute atomic E-state index is 0.247. The van der Waals surface area contributed by atoms with Crippen molar-refractivity contribution in [1.29, 1.82) is 0 Å². The van der Waals surface area contributed by atoms with Gasteiger partial charge in [-0.15, -0.1) is 32.9 Å². The Balaban J connectivity index is 1.35. The first-order valence-corrected chi connectivity index (χ1v) is 12.3. The van der Waals surface area contributed by atoms with Gasteiger partial charge in [-0.05, 0) is 24.3 Å². The zero-order chi connectivity index (χ0) is 19.5. The fourth-order valence-corrected chi connectivity index (χ4v) is 5.97. The molecule has 1 aliphatic rings. The van der Waals surface area contributed by atoms with E-state index < -0.39 is 0 Å². The van der Waals surface area contributed by atoms with E-state index in [1.807, 2.05) is 24.4 Å². The van der Waals surface area contributed by atoms with E-state index in [1.165, 1.54) is 4.88 Å². The van der Waals surface area contributed by atoms with Gasteiger partial charge in [-0.2, -0.15) is 0 Å². The number of nitrogens with zero attached hydrogens (tertiary/aromatic N) is 4. The molecule has 0 unspecified atom stereocenters. The average molecular weight is 441 g/mol. The summed E-state index contributed by atoms with van der Waals surface area (Å²) in [6.45, 7) is 1.66. The minimum Gasteiger partial charge on any atom is -0.376 e. The molecule has 3 aromatic heterocycles. The molecule has 1 aliphatic heterocycles. The van der Waals surface area contributed by atoms with Crippen LogP contribution in [-0.2, 0) is 17.0 Å². The van der Waals surface area contributed by atoms with E-state index in [0.29, 0.717) is 0 Å². The molecule has 148 valence electrons. The van der Waals surface area contributed by atoms with Crippen molar-refractivity contribution in [2.45, 2.75) is 36.4 Å². The van der Waals surface area contributed by atoms with E-state index in [-0.39, 0.29) is 6.10 Å². The molecule has 1 fully saturated rings. The zero-order valence-corrected chi connectivity index (χ0v) is 18.2. The van der Waals surface area contributed by atoms with Crippen LogP contribution in [0.5, 0.6) is 0 Å². The first kappa shape index (κ1) is 19.0. The minimum atomic E-state index is 0.247. The van der Waals surface area contributed by atoms with Crippen LogP contribution >= 0.6 is 34.4 Å². The van der Waals surface area contributed by atoms with Gasteiger partial charge < -0.3 is 4.74 Å². The van der Waals surface area contributed by atoms with Crippen molar-refractivity contribution in [1.82, 2.24) is 19.7 Å². The predicted molar refractivity (Wildman–Crippen MR) is 119 cm³/mol. The third kappa shape index (κ3) is 4.30. The molecule has 4 heterocycles. The topological polar surface area (TPSA) is 52.8 Å². The summed E-state index contributed by atoms with van der Waals surface area (Å²) in [7, 11) is 0. The molecule has 0 N–H and O–H groups in total. The molecule has 0 radical (unpaired) electrons. The van der Waals surface area contributed by atoms with Crippen molar-refractivity contribution >= 4 is 34.4 Å². The molecule has 1 saturated heterocycles. The van der Waals surface area contributed by atoms with Gasteiger partial charge in [0, 0.05) is 29.0 Å². The van der Waals surface area contributed by atoms with Crippen LogP contribution < -0.4 is 0 Å². The highest BCUT2D eigenvalue weighted by Crippen LogP contribution is 2.32. The molecule has 0 amide bonds. The quantitative estimate of drug-likeness (QED) is 0.350. The first-order chi connectivity index (χ1) is 14.4. The van der Waals surface area contributed by atoms with Crippen molar-refractivity contribution in [2.24, 2.45) is 0 Å². The number of aromatic nitrogens is 4. The number of rotatable bonds is 7. The van der Waals surface area contributed by atoms with Gasteiger partial charge in [0.2, 0.25) is 0 Å². The molecule has 4 aromatic rings. The van der Waals surface area contributed by atoms with Crippen molar-refractivity contribution in [2.75, 3.05) is 6.61 Å². The largest absolute Gasteiger partial charge is 0.376 e. The lowest BCUT2D eigenvalue weighted by Crippen LogP contribution is -2.16. The molecule has 1 atom stereocenters. The number of benzene rings is 1. The van der Waals surface area contributed by atoms with Gasteiger partial charge in [0.15, 0.2) is 11.0 Å². The molecule has 1 aromatic carbocycles. The molecule has 5 rings (SSSR count). The van der Waals surface area contributed by atoms with E-state index in [1.54, 1.807) is 34.4 Å². The molecule has 0 spiro atoms. The summed E-state index contributed by atoms with van der Waals surface area (Å²) in [5, 5.41) is 13.1. The number of hydrogen-bond donors (Lipinski definition) is 0. The second kappa shape index (κ2) is 8.79. The third-order valence-corrected chi connectivity index (χ3v) is 7.90. The Bertz CT molecular complexity index is 1050. The maximum absolute atomic E-state index is 5.88. The van der Waals surface area contributed by atoms with Crippen molar-refractivity contribution in [3.05, 3.63) is 58.9 Å². The van der Waals surface area contributed by atoms with Crippen LogP contribution in [0.1, 0.15) is 17.7 Å². The highest BCUT2D eigenvalue weighted by Gasteiger charge is 2.22. The van der Waals surface area contributed by atoms with Crippen LogP contribution in [0.25, 0.3) is 21.3 Å². The van der Waals surface area contributed by atoms with Crippen LogP contribution in [0, 0.1) is 0 Å². The van der Waals surface area contributed by atoms with Gasteiger partial charge in [0.25, 0.3) is 0 Å². The highest BCUT2D eigenvalue weighted by molar-refractivity contribution is 7.98. The number of ether oxygens (including phenoxy) is 1. The summed E-state index contributed by atoms with van der Waals surface area (Å²) < 4.78 is 8.11. The SMILES string of the molecule is c1ccc(-c2ncc(CSc3nnc(-c4cccs4)n3C[C@H]3CCCO3)s2)cc1. The Hall–Kier alpha value is -2.00. The number of thioether (sulfide) groups is 1. The van der Waals surface area contributed by atoms with E-state index in [9.17, 15) is 0 Å². The van der Waals surface area contributed by atoms with Gasteiger partial charge in [0.05, 0.1) is 17.5 Å². The van der Waals surface area contributed by atoms with Crippen LogP contribution in [0.2, 0.25) is 0 Å². The monoisotopic (exact) mass is 440 g/mol. The van der Waals surface area contributed by atoms with Crippen LogP contribution in [0.4, 0.5) is 0 Å². The summed E-state index contributed by atoms with van der Waals surface area (Å²) >= 11 is 5.15. The molecule has 29 heavy (non-hydrogen) atoms. The molecule has 0 bridgehead atoms. The van der Waals surface area contributed by atoms with E-state index in [4.69, 9.17) is 4.74 Å². The first-order valence-electron chi connectivity index (χ1n) is 9.58. The van der Waals surface area contributed by atoms with E-state index in [2.05, 4.69) is 49.4 Å². The summed E-state index contributed by atoms with van der Waals surface area (Å²) in [5.74, 6) is 1.77. The number of hydrogen-bond acceptors (Lipinski definition) is 7. The Morgan fingerprint density at radius 1 is 1.14 bits per heavy atom. The van der Waals surface area contributed by atoms with Gasteiger partial charge in [0.1, 0.15) is 5.01 Å². The van der Waals surface area contributed by atoms with Crippen molar-refractivity contribution in [3.8, 4) is 21.3 Å². The Kier molecular flexibility index (Phi) is 5.76. The summed E-state index contributed by atoms with van der Waals surface area (Å²) in [6.07, 6.45) is 4.45. The van der Waals surface area contributed by atoms with Crippen molar-refractivity contribution < 1.29 is 4.74 Å². The Labute approximate surface area is 181 Å². The van der Waals surface area contributed by atoms with Crippen LogP contribution in [-0.4, -0.2) is 32.5 Å². The Morgan fingerprint density at radius 2 is 2.07 bits per heavy atom. The van der Waals surface area contributed by atoms with E-state index in [0.717, 1.165) is 58.2 Å². The normalized spacial score (nSPS) is 16.5. The van der Waals surface area contributed by atoms with Crippen LogP contribution in [0.3, 0.4) is 0 Å². The van der Waals surface area contributed by atoms with Gasteiger partial charge in [-0.3, -0.25) is 4.57 Å². The lowest BCUT2D eigenvalue weighted by Gasteiger charge is -2.14. The van der Waals surface area contributed by atoms with Gasteiger partial charge >= 0.3 is 0 Å². The third-order valence-electron chi connectivity index (χ3n) is 4.79. The standard InChI is InChI=1S/C21H20N4OS3/c1-2-6-15(7-3-1)20-22-12-17(29-20)14-28-21-24-23-19(18-9-5-11-27-18)25(21)13-16-8-4-10-26-16/h1-3,5-7,9,11-12,16H,4,8,10,13-14H2/t16-/m1/s1. The predicted octanol–water partition coefficient (Wildman–Crippen LogP) is 5.60. The van der Waals surface area contributed by atoms with Crippen molar-refractivity contribution in [3.63, 3.8) is 0 Å². The maximum atomic E-state index is 5.88. The summed E-state index contributed by atoms with van der Waals surface area (Å²) in [4.78, 5) is 6.97. The van der Waals surface area contributed by atoms with Gasteiger partial charge in [-0.1, -0.05) is 48.2 Å². The average Bonchev–Trinajstić information content (AvgIpc) is 3.54. The maximum Gasteiger partial charge on any atom is 0.191 e. The summed E-state index contributed by atoms with van der Waals surface area (Å²) in [6, 6.07) is 14.5. The molecule has 5 nitrogen and oxygen atoms in total. The molecular weight excluding hydrogens is 420 g/mol. The molecule has 0 aliphatic carbocycles. The summed E-state index contributed by atoms with van der Waals surface area (Å²) in [5.41, 5.74) is 1.16. The lowest BCUT2D eigenvalue weighted by molar-refractivity contribution is 0.0953. The highest BCUT2D eigenvalue weighted by atomic mass is 32.2. The molecule has 0 saturated carbocycles. The van der Waals surface area contributed by atoms with E-state index >= 15 is 0 Å².